The van der Waals surface area contributed by atoms with Crippen LogP contribution in [0.15, 0.2) is 30.3 Å². The lowest BCUT2D eigenvalue weighted by atomic mass is 10.2. The van der Waals surface area contributed by atoms with Crippen LogP contribution in [-0.4, -0.2) is 23.3 Å². The fourth-order valence-corrected chi connectivity index (χ4v) is 0.952. The van der Waals surface area contributed by atoms with Crippen LogP contribution in [0.3, 0.4) is 0 Å². The van der Waals surface area contributed by atoms with Crippen molar-refractivity contribution in [2.24, 2.45) is 0 Å². The number of benzene rings is 1. The van der Waals surface area contributed by atoms with Gasteiger partial charge in [0, 0.05) is 5.69 Å². The first-order chi connectivity index (χ1) is 6.61. The summed E-state index contributed by atoms with van der Waals surface area (Å²) < 4.78 is 12.9. The van der Waals surface area contributed by atoms with Crippen molar-refractivity contribution in [2.45, 2.75) is 19.2 Å². The van der Waals surface area contributed by atoms with E-state index < -0.39 is 18.2 Å². The van der Waals surface area contributed by atoms with Gasteiger partial charge in [-0.2, -0.15) is 0 Å². The predicted octanol–water partition coefficient (Wildman–Crippen LogP) is 1.34. The van der Waals surface area contributed by atoms with Gasteiger partial charge in [0.15, 0.2) is 0 Å². The summed E-state index contributed by atoms with van der Waals surface area (Å²) in [6, 6.07) is 8.53. The number of carbonyl (C=O) groups excluding carboxylic acids is 1. The Morgan fingerprint density at radius 2 is 2.00 bits per heavy atom. The smallest absolute Gasteiger partial charge is 0.261 e. The topological polar surface area (TPSA) is 49.3 Å². The van der Waals surface area contributed by atoms with Crippen LogP contribution < -0.4 is 5.32 Å². The number of anilines is 1. The Bertz CT molecular complexity index is 300. The monoisotopic (exact) mass is 197 g/mol. The molecule has 4 heteroatoms. The van der Waals surface area contributed by atoms with Crippen molar-refractivity contribution in [1.29, 1.82) is 0 Å². The highest BCUT2D eigenvalue weighted by molar-refractivity contribution is 5.94. The zero-order valence-electron chi connectivity index (χ0n) is 7.77. The van der Waals surface area contributed by atoms with E-state index in [1.165, 1.54) is 6.92 Å². The molecule has 76 valence electrons. The Balaban J connectivity index is 2.58. The summed E-state index contributed by atoms with van der Waals surface area (Å²) in [5.74, 6) is -0.828. The maximum atomic E-state index is 12.9. The Hall–Kier alpha value is -1.42. The SMILES string of the molecule is C[C@H](O)[C@@H](F)C(=O)Nc1ccccc1. The minimum atomic E-state index is -1.89. The largest absolute Gasteiger partial charge is 0.390 e. The van der Waals surface area contributed by atoms with E-state index in [0.29, 0.717) is 5.69 Å². The van der Waals surface area contributed by atoms with Gasteiger partial charge in [0.1, 0.15) is 0 Å². The van der Waals surface area contributed by atoms with Crippen molar-refractivity contribution in [1.82, 2.24) is 0 Å². The maximum Gasteiger partial charge on any atom is 0.261 e. The van der Waals surface area contributed by atoms with Gasteiger partial charge < -0.3 is 10.4 Å². The summed E-state index contributed by atoms with van der Waals surface area (Å²) in [7, 11) is 0. The minimum absolute atomic E-state index is 0.515. The number of halogens is 1. The second kappa shape index (κ2) is 4.72. The first kappa shape index (κ1) is 10.7. The molecule has 0 fully saturated rings. The molecule has 14 heavy (non-hydrogen) atoms. The molecule has 0 aliphatic carbocycles. The normalized spacial score (nSPS) is 14.5. The average molecular weight is 197 g/mol. The number of amides is 1. The van der Waals surface area contributed by atoms with Crippen molar-refractivity contribution in [3.63, 3.8) is 0 Å². The van der Waals surface area contributed by atoms with E-state index in [2.05, 4.69) is 5.32 Å². The Morgan fingerprint density at radius 1 is 1.43 bits per heavy atom. The summed E-state index contributed by atoms with van der Waals surface area (Å²) in [4.78, 5) is 11.1. The summed E-state index contributed by atoms with van der Waals surface area (Å²) in [6.07, 6.45) is -3.19. The van der Waals surface area contributed by atoms with E-state index in [1.807, 2.05) is 0 Å². The fraction of sp³-hybridized carbons (Fsp3) is 0.300. The van der Waals surface area contributed by atoms with Gasteiger partial charge in [-0.15, -0.1) is 0 Å². The van der Waals surface area contributed by atoms with E-state index in [-0.39, 0.29) is 0 Å². The van der Waals surface area contributed by atoms with Gasteiger partial charge in [-0.1, -0.05) is 18.2 Å². The molecule has 0 aliphatic rings. The Morgan fingerprint density at radius 3 is 2.50 bits per heavy atom. The number of rotatable bonds is 3. The van der Waals surface area contributed by atoms with Crippen molar-refractivity contribution in [2.75, 3.05) is 5.32 Å². The maximum absolute atomic E-state index is 12.9. The zero-order valence-corrected chi connectivity index (χ0v) is 7.77. The molecule has 0 heterocycles. The van der Waals surface area contributed by atoms with Crippen molar-refractivity contribution in [3.05, 3.63) is 30.3 Å². The zero-order chi connectivity index (χ0) is 10.6. The van der Waals surface area contributed by atoms with E-state index in [1.54, 1.807) is 30.3 Å². The van der Waals surface area contributed by atoms with Gasteiger partial charge in [-0.05, 0) is 19.1 Å². The molecule has 0 unspecified atom stereocenters. The molecule has 1 aromatic carbocycles. The van der Waals surface area contributed by atoms with Crippen LogP contribution in [0.25, 0.3) is 0 Å². The summed E-state index contributed by atoms with van der Waals surface area (Å²) in [5.41, 5.74) is 0.515. The summed E-state index contributed by atoms with van der Waals surface area (Å²) in [5, 5.41) is 11.2. The number of aliphatic hydroxyl groups excluding tert-OH is 1. The lowest BCUT2D eigenvalue weighted by Gasteiger charge is -2.11. The number of para-hydroxylation sites is 1. The lowest BCUT2D eigenvalue weighted by Crippen LogP contribution is -2.32. The number of hydrogen-bond acceptors (Lipinski definition) is 2. The van der Waals surface area contributed by atoms with Crippen molar-refractivity contribution < 1.29 is 14.3 Å². The van der Waals surface area contributed by atoms with Crippen LogP contribution in [0.1, 0.15) is 6.92 Å². The van der Waals surface area contributed by atoms with Crippen molar-refractivity contribution >= 4 is 11.6 Å². The first-order valence-electron chi connectivity index (χ1n) is 4.29. The van der Waals surface area contributed by atoms with Crippen LogP contribution in [0.4, 0.5) is 10.1 Å². The van der Waals surface area contributed by atoms with Gasteiger partial charge in [0.05, 0.1) is 6.10 Å². The molecule has 2 atom stereocenters. The number of carbonyl (C=O) groups is 1. The third-order valence-electron chi connectivity index (χ3n) is 1.72. The van der Waals surface area contributed by atoms with Gasteiger partial charge >= 0.3 is 0 Å². The molecular weight excluding hydrogens is 185 g/mol. The molecule has 0 spiro atoms. The molecule has 0 saturated carbocycles. The molecule has 1 amide bonds. The molecule has 2 N–H and O–H groups in total. The average Bonchev–Trinajstić information content (AvgIpc) is 2.18. The molecule has 0 saturated heterocycles. The highest BCUT2D eigenvalue weighted by Crippen LogP contribution is 2.08. The first-order valence-corrected chi connectivity index (χ1v) is 4.29. The second-order valence-electron chi connectivity index (χ2n) is 3.00. The molecule has 0 aromatic heterocycles. The van der Waals surface area contributed by atoms with E-state index in [9.17, 15) is 9.18 Å². The molecule has 0 aliphatic heterocycles. The lowest BCUT2D eigenvalue weighted by molar-refractivity contribution is -0.124. The van der Waals surface area contributed by atoms with Gasteiger partial charge in [0.2, 0.25) is 6.17 Å². The Kier molecular flexibility index (Phi) is 3.59. The Labute approximate surface area is 81.6 Å². The second-order valence-corrected chi connectivity index (χ2v) is 3.00. The van der Waals surface area contributed by atoms with Crippen molar-refractivity contribution in [3.8, 4) is 0 Å². The molecule has 1 rings (SSSR count). The molecular formula is C10H12FNO2. The van der Waals surface area contributed by atoms with Gasteiger partial charge in [-0.3, -0.25) is 4.79 Å². The minimum Gasteiger partial charge on any atom is -0.390 e. The number of alkyl halides is 1. The summed E-state index contributed by atoms with van der Waals surface area (Å²) in [6.45, 7) is 1.23. The van der Waals surface area contributed by atoms with Gasteiger partial charge in [-0.25, -0.2) is 4.39 Å². The quantitative estimate of drug-likeness (QED) is 0.768. The number of nitrogens with one attached hydrogen (secondary N) is 1. The van der Waals surface area contributed by atoms with E-state index in [4.69, 9.17) is 5.11 Å². The predicted molar refractivity (Wildman–Crippen MR) is 51.6 cm³/mol. The molecule has 1 aromatic rings. The third kappa shape index (κ3) is 2.81. The van der Waals surface area contributed by atoms with Crippen LogP contribution in [0.5, 0.6) is 0 Å². The van der Waals surface area contributed by atoms with Crippen LogP contribution in [-0.2, 0) is 4.79 Å². The van der Waals surface area contributed by atoms with E-state index in [0.717, 1.165) is 0 Å². The number of aliphatic hydroxyl groups is 1. The fourth-order valence-electron chi connectivity index (χ4n) is 0.952. The number of hydrogen-bond donors (Lipinski definition) is 2. The van der Waals surface area contributed by atoms with Crippen LogP contribution in [0, 0.1) is 0 Å². The van der Waals surface area contributed by atoms with Crippen LogP contribution in [0.2, 0.25) is 0 Å². The third-order valence-corrected chi connectivity index (χ3v) is 1.72. The molecule has 0 radical (unpaired) electrons. The summed E-state index contributed by atoms with van der Waals surface area (Å²) >= 11 is 0. The van der Waals surface area contributed by atoms with Gasteiger partial charge in [0.25, 0.3) is 5.91 Å². The molecule has 0 bridgehead atoms. The standard InChI is InChI=1S/C10H12FNO2/c1-7(13)9(11)10(14)12-8-5-3-2-4-6-8/h2-7,9,13H,1H3,(H,12,14)/t7-,9+/m0/s1. The van der Waals surface area contributed by atoms with E-state index >= 15 is 0 Å². The highest BCUT2D eigenvalue weighted by Gasteiger charge is 2.22. The van der Waals surface area contributed by atoms with Crippen LogP contribution >= 0.6 is 0 Å². The highest BCUT2D eigenvalue weighted by atomic mass is 19.1. The molecule has 3 nitrogen and oxygen atoms in total.